The van der Waals surface area contributed by atoms with Crippen LogP contribution in [0.5, 0.6) is 11.5 Å². The zero-order valence-corrected chi connectivity index (χ0v) is 20.5. The van der Waals surface area contributed by atoms with Crippen LogP contribution in [0.2, 0.25) is 5.02 Å². The quantitative estimate of drug-likeness (QED) is 0.328. The highest BCUT2D eigenvalue weighted by Crippen LogP contribution is 2.34. The van der Waals surface area contributed by atoms with E-state index in [0.29, 0.717) is 18.0 Å². The molecule has 31 heavy (non-hydrogen) atoms. The molecule has 1 amide bonds. The molecule has 3 aromatic carbocycles. The van der Waals surface area contributed by atoms with Crippen molar-refractivity contribution in [3.05, 3.63) is 79.9 Å². The molecule has 0 heterocycles. The molecule has 0 spiro atoms. The van der Waals surface area contributed by atoms with Gasteiger partial charge in [-0.15, -0.1) is 0 Å². The largest absolute Gasteiger partial charge is 0.493 e. The summed E-state index contributed by atoms with van der Waals surface area (Å²) in [6.07, 6.45) is 0. The predicted molar refractivity (Wildman–Crippen MR) is 135 cm³/mol. The zero-order valence-electron chi connectivity index (χ0n) is 17.6. The molecule has 0 unspecified atom stereocenters. The lowest BCUT2D eigenvalue weighted by molar-refractivity contribution is -0.118. The van der Waals surface area contributed by atoms with Crippen molar-refractivity contribution in [2.45, 2.75) is 20.4 Å². The molecule has 0 atom stereocenters. The van der Waals surface area contributed by atoms with Gasteiger partial charge >= 0.3 is 0 Å². The van der Waals surface area contributed by atoms with E-state index in [1.165, 1.54) is 0 Å². The van der Waals surface area contributed by atoms with E-state index in [9.17, 15) is 4.79 Å². The number of amides is 1. The fourth-order valence-electron chi connectivity index (χ4n) is 2.98. The van der Waals surface area contributed by atoms with Crippen LogP contribution in [-0.4, -0.2) is 19.6 Å². The van der Waals surface area contributed by atoms with Crippen molar-refractivity contribution in [3.8, 4) is 11.5 Å². The molecule has 0 radical (unpaired) electrons. The van der Waals surface area contributed by atoms with E-state index in [2.05, 4.69) is 33.2 Å². The minimum Gasteiger partial charge on any atom is -0.493 e. The second kappa shape index (κ2) is 10.7. The SMILES string of the molecule is COc1cc(CNc2ccc(C)c(Cl)c2)cc(I)c1OCC(=O)Nc1cccc(C)c1. The third-order valence-corrected chi connectivity index (χ3v) is 5.82. The summed E-state index contributed by atoms with van der Waals surface area (Å²) < 4.78 is 12.2. The van der Waals surface area contributed by atoms with E-state index >= 15 is 0 Å². The molecule has 0 aliphatic heterocycles. The van der Waals surface area contributed by atoms with Crippen LogP contribution >= 0.6 is 34.2 Å². The first-order valence-electron chi connectivity index (χ1n) is 9.71. The number of nitrogens with one attached hydrogen (secondary N) is 2. The van der Waals surface area contributed by atoms with Crippen molar-refractivity contribution >= 4 is 51.5 Å². The first-order chi connectivity index (χ1) is 14.9. The molecule has 3 aromatic rings. The Morgan fingerprint density at radius 3 is 2.58 bits per heavy atom. The molecular weight excluding hydrogens is 527 g/mol. The van der Waals surface area contributed by atoms with Crippen molar-refractivity contribution in [1.82, 2.24) is 0 Å². The van der Waals surface area contributed by atoms with Crippen molar-refractivity contribution < 1.29 is 14.3 Å². The Morgan fingerprint density at radius 1 is 1.06 bits per heavy atom. The van der Waals surface area contributed by atoms with Gasteiger partial charge in [0.15, 0.2) is 18.1 Å². The standard InChI is InChI=1S/C24H24ClIN2O3/c1-15-5-4-6-19(9-15)28-23(29)14-31-24-21(26)10-17(11-22(24)30-3)13-27-18-8-7-16(2)20(25)12-18/h4-12,27H,13-14H2,1-3H3,(H,28,29). The van der Waals surface area contributed by atoms with Crippen LogP contribution in [0.25, 0.3) is 0 Å². The number of carbonyl (C=O) groups excluding carboxylic acids is 1. The molecule has 0 bridgehead atoms. The minimum atomic E-state index is -0.231. The van der Waals surface area contributed by atoms with Gasteiger partial charge in [-0.3, -0.25) is 4.79 Å². The van der Waals surface area contributed by atoms with Crippen molar-refractivity contribution in [1.29, 1.82) is 0 Å². The summed E-state index contributed by atoms with van der Waals surface area (Å²) in [4.78, 5) is 12.3. The van der Waals surface area contributed by atoms with Gasteiger partial charge in [0.05, 0.1) is 10.7 Å². The van der Waals surface area contributed by atoms with Crippen LogP contribution in [0, 0.1) is 17.4 Å². The highest BCUT2D eigenvalue weighted by Gasteiger charge is 2.14. The molecule has 162 valence electrons. The van der Waals surface area contributed by atoms with Crippen LogP contribution in [0.4, 0.5) is 11.4 Å². The summed E-state index contributed by atoms with van der Waals surface area (Å²) in [5.41, 5.74) is 4.82. The maximum Gasteiger partial charge on any atom is 0.262 e. The van der Waals surface area contributed by atoms with E-state index in [0.717, 1.165) is 36.7 Å². The summed E-state index contributed by atoms with van der Waals surface area (Å²) in [5.74, 6) is 0.893. The Kier molecular flexibility index (Phi) is 8.03. The molecule has 0 fully saturated rings. The maximum absolute atomic E-state index is 12.3. The van der Waals surface area contributed by atoms with Crippen LogP contribution in [0.3, 0.4) is 0 Å². The smallest absolute Gasteiger partial charge is 0.262 e. The normalized spacial score (nSPS) is 10.5. The molecule has 0 aliphatic rings. The van der Waals surface area contributed by atoms with Gasteiger partial charge in [-0.1, -0.05) is 29.8 Å². The number of hydrogen-bond donors (Lipinski definition) is 2. The molecule has 0 saturated carbocycles. The van der Waals surface area contributed by atoms with Crippen LogP contribution in [-0.2, 0) is 11.3 Å². The average Bonchev–Trinajstić information content (AvgIpc) is 2.73. The Balaban J connectivity index is 1.64. The van der Waals surface area contributed by atoms with Gasteiger partial charge < -0.3 is 20.1 Å². The van der Waals surface area contributed by atoms with Gasteiger partial charge in [-0.2, -0.15) is 0 Å². The third kappa shape index (κ3) is 6.51. The Morgan fingerprint density at radius 2 is 1.87 bits per heavy atom. The fourth-order valence-corrected chi connectivity index (χ4v) is 3.98. The van der Waals surface area contributed by atoms with E-state index in [4.69, 9.17) is 21.1 Å². The van der Waals surface area contributed by atoms with Crippen LogP contribution in [0.1, 0.15) is 16.7 Å². The van der Waals surface area contributed by atoms with Gasteiger partial charge in [-0.05, 0) is 89.5 Å². The molecule has 0 aromatic heterocycles. The van der Waals surface area contributed by atoms with E-state index in [-0.39, 0.29) is 12.5 Å². The lowest BCUT2D eigenvalue weighted by atomic mass is 10.2. The number of methoxy groups -OCH3 is 1. The van der Waals surface area contributed by atoms with Gasteiger partial charge in [0, 0.05) is 22.9 Å². The zero-order chi connectivity index (χ0) is 22.4. The Labute approximate surface area is 201 Å². The number of hydrogen-bond acceptors (Lipinski definition) is 4. The van der Waals surface area contributed by atoms with Gasteiger partial charge in [0.2, 0.25) is 0 Å². The monoisotopic (exact) mass is 550 g/mol. The summed E-state index contributed by atoms with van der Waals surface area (Å²) in [7, 11) is 1.59. The predicted octanol–water partition coefficient (Wildman–Crippen LogP) is 6.20. The fraction of sp³-hybridized carbons (Fsp3) is 0.208. The second-order valence-electron chi connectivity index (χ2n) is 7.13. The summed E-state index contributed by atoms with van der Waals surface area (Å²) >= 11 is 8.39. The summed E-state index contributed by atoms with van der Waals surface area (Å²) in [6, 6.07) is 17.4. The van der Waals surface area contributed by atoms with Crippen molar-refractivity contribution in [3.63, 3.8) is 0 Å². The second-order valence-corrected chi connectivity index (χ2v) is 8.70. The Bertz CT molecular complexity index is 1090. The van der Waals surface area contributed by atoms with E-state index in [1.54, 1.807) is 7.11 Å². The topological polar surface area (TPSA) is 59.6 Å². The van der Waals surface area contributed by atoms with Crippen molar-refractivity contribution in [2.24, 2.45) is 0 Å². The Hall–Kier alpha value is -2.45. The molecule has 2 N–H and O–H groups in total. The summed E-state index contributed by atoms with van der Waals surface area (Å²) in [6.45, 7) is 4.43. The van der Waals surface area contributed by atoms with Crippen LogP contribution < -0.4 is 20.1 Å². The third-order valence-electron chi connectivity index (χ3n) is 4.61. The van der Waals surface area contributed by atoms with Crippen molar-refractivity contribution in [2.75, 3.05) is 24.4 Å². The lowest BCUT2D eigenvalue weighted by Crippen LogP contribution is -2.20. The number of anilines is 2. The first kappa shape index (κ1) is 23.2. The van der Waals surface area contributed by atoms with Crippen LogP contribution in [0.15, 0.2) is 54.6 Å². The van der Waals surface area contributed by atoms with Gasteiger partial charge in [0.1, 0.15) is 0 Å². The number of carbonyl (C=O) groups is 1. The number of rotatable bonds is 8. The first-order valence-corrected chi connectivity index (χ1v) is 11.2. The highest BCUT2D eigenvalue weighted by molar-refractivity contribution is 14.1. The maximum atomic E-state index is 12.3. The number of benzene rings is 3. The number of aryl methyl sites for hydroxylation is 2. The highest BCUT2D eigenvalue weighted by atomic mass is 127. The number of ether oxygens (including phenoxy) is 2. The molecule has 3 rings (SSSR count). The number of halogens is 2. The van der Waals surface area contributed by atoms with E-state index in [1.807, 2.05) is 68.4 Å². The molecular formula is C24H24ClIN2O3. The molecule has 5 nitrogen and oxygen atoms in total. The summed E-state index contributed by atoms with van der Waals surface area (Å²) in [5, 5.41) is 6.93. The lowest BCUT2D eigenvalue weighted by Gasteiger charge is -2.15. The molecule has 0 aliphatic carbocycles. The average molecular weight is 551 g/mol. The molecule has 0 saturated heterocycles. The van der Waals surface area contributed by atoms with E-state index < -0.39 is 0 Å². The van der Waals surface area contributed by atoms with Gasteiger partial charge in [-0.25, -0.2) is 0 Å². The molecule has 7 heteroatoms. The van der Waals surface area contributed by atoms with Gasteiger partial charge in [0.25, 0.3) is 5.91 Å². The minimum absolute atomic E-state index is 0.111.